The zero-order chi connectivity index (χ0) is 29.5. The Morgan fingerprint density at radius 2 is 2.02 bits per heavy atom. The van der Waals surface area contributed by atoms with E-state index in [-0.39, 0.29) is 41.1 Å². The minimum absolute atomic E-state index is 0.0410. The van der Waals surface area contributed by atoms with E-state index in [1.165, 1.54) is 6.20 Å². The van der Waals surface area contributed by atoms with Gasteiger partial charge in [-0.3, -0.25) is 9.48 Å². The second-order valence-electron chi connectivity index (χ2n) is 11.7. The summed E-state index contributed by atoms with van der Waals surface area (Å²) >= 11 is 0. The second-order valence-corrected chi connectivity index (χ2v) is 11.7. The predicted octanol–water partition coefficient (Wildman–Crippen LogP) is 5.06. The summed E-state index contributed by atoms with van der Waals surface area (Å²) in [5.74, 6) is -0.0553. The van der Waals surface area contributed by atoms with E-state index in [1.807, 2.05) is 26.8 Å². The van der Waals surface area contributed by atoms with Gasteiger partial charge in [-0.15, -0.1) is 0 Å². The lowest BCUT2D eigenvalue weighted by Gasteiger charge is -2.36. The van der Waals surface area contributed by atoms with E-state index in [0.717, 1.165) is 29.8 Å². The van der Waals surface area contributed by atoms with Crippen LogP contribution in [0.1, 0.15) is 56.7 Å². The quantitative estimate of drug-likeness (QED) is 0.304. The number of aromatic nitrogens is 5. The number of amides is 1. The number of nitrogens with zero attached hydrogens (tertiary/aromatic N) is 6. The molecule has 13 heteroatoms. The summed E-state index contributed by atoms with van der Waals surface area (Å²) in [5.41, 5.74) is 1.12. The van der Waals surface area contributed by atoms with Crippen molar-refractivity contribution in [2.75, 3.05) is 25.5 Å². The van der Waals surface area contributed by atoms with E-state index in [4.69, 9.17) is 4.52 Å². The molecule has 1 fully saturated rings. The summed E-state index contributed by atoms with van der Waals surface area (Å²) in [5, 5.41) is 15.0. The van der Waals surface area contributed by atoms with Gasteiger partial charge in [0, 0.05) is 29.9 Å². The molecule has 5 rings (SSSR count). The molecule has 0 radical (unpaired) electrons. The molecule has 0 aliphatic carbocycles. The molecule has 1 aliphatic heterocycles. The molecule has 4 aromatic rings. The van der Waals surface area contributed by atoms with Gasteiger partial charge in [-0.25, -0.2) is 13.2 Å². The summed E-state index contributed by atoms with van der Waals surface area (Å²) in [7, 11) is 2.08. The van der Waals surface area contributed by atoms with Crippen molar-refractivity contribution in [2.45, 2.75) is 65.0 Å². The van der Waals surface area contributed by atoms with Crippen molar-refractivity contribution in [3.8, 4) is 11.5 Å². The van der Waals surface area contributed by atoms with Crippen LogP contribution in [0.5, 0.6) is 0 Å². The van der Waals surface area contributed by atoms with Gasteiger partial charge in [0.15, 0.2) is 0 Å². The van der Waals surface area contributed by atoms with Crippen LogP contribution in [0.25, 0.3) is 22.4 Å². The minimum Gasteiger partial charge on any atom is -0.381 e. The molecule has 0 saturated carbocycles. The summed E-state index contributed by atoms with van der Waals surface area (Å²) in [6.45, 7) is 9.81. The number of nitrogens with one attached hydrogen (secondary N) is 2. The number of alkyl halides is 3. The third kappa shape index (κ3) is 5.95. The Bertz CT molecular complexity index is 1520. The smallest absolute Gasteiger partial charge is 0.288 e. The van der Waals surface area contributed by atoms with Crippen LogP contribution in [-0.4, -0.2) is 67.9 Å². The SMILES string of the molecule is C[C@H]1CN(C)CC[C@H]1Nc1cccc2c1cc(-c1noc(CNC(=O)c3cnn(C(C)(C)C)c3)n1)n2C(F)C(F)F. The number of carbonyl (C=O) groups is 1. The number of hydrogen-bond acceptors (Lipinski definition) is 7. The van der Waals surface area contributed by atoms with Crippen LogP contribution in [0.4, 0.5) is 18.9 Å². The molecule has 2 N–H and O–H groups in total. The van der Waals surface area contributed by atoms with Crippen LogP contribution >= 0.6 is 0 Å². The highest BCUT2D eigenvalue weighted by Gasteiger charge is 2.30. The first-order valence-corrected chi connectivity index (χ1v) is 13.6. The Morgan fingerprint density at radius 3 is 2.71 bits per heavy atom. The summed E-state index contributed by atoms with van der Waals surface area (Å²) in [6.07, 6.45) is -1.88. The Morgan fingerprint density at radius 1 is 1.24 bits per heavy atom. The third-order valence-corrected chi connectivity index (χ3v) is 7.42. The fraction of sp³-hybridized carbons (Fsp3) is 0.500. The molecule has 3 aromatic heterocycles. The Balaban J connectivity index is 1.41. The number of likely N-dealkylation sites (tertiary alicyclic amines) is 1. The first kappa shape index (κ1) is 28.7. The predicted molar refractivity (Wildman–Crippen MR) is 148 cm³/mol. The number of piperidine rings is 1. The lowest BCUT2D eigenvalue weighted by Crippen LogP contribution is -2.43. The Labute approximate surface area is 235 Å². The fourth-order valence-electron chi connectivity index (χ4n) is 5.19. The zero-order valence-electron chi connectivity index (χ0n) is 23.7. The van der Waals surface area contributed by atoms with Crippen molar-refractivity contribution in [1.82, 2.24) is 34.7 Å². The lowest BCUT2D eigenvalue weighted by molar-refractivity contribution is 0.0114. The molecule has 1 unspecified atom stereocenters. The molecule has 1 aliphatic rings. The summed E-state index contributed by atoms with van der Waals surface area (Å²) in [6, 6.07) is 6.93. The summed E-state index contributed by atoms with van der Waals surface area (Å²) in [4.78, 5) is 19.2. The van der Waals surface area contributed by atoms with E-state index in [2.05, 4.69) is 44.7 Å². The minimum atomic E-state index is -3.27. The molecule has 1 amide bonds. The van der Waals surface area contributed by atoms with Gasteiger partial charge in [-0.1, -0.05) is 18.1 Å². The van der Waals surface area contributed by atoms with Crippen LogP contribution in [-0.2, 0) is 12.1 Å². The zero-order valence-corrected chi connectivity index (χ0v) is 23.7. The standard InChI is InChI=1S/C28H35F3N8O2/c1-16-14-37(5)10-9-19(16)34-20-7-6-8-21-18(20)11-22(39(21)25(31)24(29)30)26-35-23(41-36-26)13-32-27(40)17-12-33-38(15-17)28(2,3)4/h6-8,11-12,15-16,19,24-25,34H,9-10,13-14H2,1-5H3,(H,32,40)/t16-,19+,25?/m0/s1. The average Bonchev–Trinajstić information content (AvgIpc) is 3.66. The number of anilines is 1. The normalized spacial score (nSPS) is 19.1. The number of carbonyl (C=O) groups excluding carboxylic acids is 1. The first-order valence-electron chi connectivity index (χ1n) is 13.6. The van der Waals surface area contributed by atoms with Crippen molar-refractivity contribution in [3.63, 3.8) is 0 Å². The molecule has 3 atom stereocenters. The van der Waals surface area contributed by atoms with Gasteiger partial charge in [0.1, 0.15) is 0 Å². The van der Waals surface area contributed by atoms with Crippen molar-refractivity contribution in [3.05, 3.63) is 48.1 Å². The van der Waals surface area contributed by atoms with E-state index in [9.17, 15) is 13.6 Å². The highest BCUT2D eigenvalue weighted by atomic mass is 19.3. The molecular formula is C28H35F3N8O2. The number of fused-ring (bicyclic) bond motifs is 1. The number of hydrogen-bond donors (Lipinski definition) is 2. The highest BCUT2D eigenvalue weighted by Crippen LogP contribution is 2.37. The molecule has 0 bridgehead atoms. The number of benzene rings is 1. The van der Waals surface area contributed by atoms with Gasteiger partial charge in [0.05, 0.1) is 35.1 Å². The second kappa shape index (κ2) is 11.2. The Hall–Kier alpha value is -3.87. The highest BCUT2D eigenvalue weighted by molar-refractivity contribution is 5.96. The molecule has 41 heavy (non-hydrogen) atoms. The van der Waals surface area contributed by atoms with Crippen molar-refractivity contribution < 1.29 is 22.5 Å². The van der Waals surface area contributed by atoms with Crippen LogP contribution in [0.2, 0.25) is 0 Å². The van der Waals surface area contributed by atoms with Crippen LogP contribution in [0, 0.1) is 5.92 Å². The molecular weight excluding hydrogens is 537 g/mol. The topological polar surface area (TPSA) is 106 Å². The van der Waals surface area contributed by atoms with Gasteiger partial charge in [-0.05, 0) is 64.9 Å². The maximum Gasteiger partial charge on any atom is 0.288 e. The van der Waals surface area contributed by atoms with Crippen LogP contribution in [0.3, 0.4) is 0 Å². The maximum atomic E-state index is 15.0. The molecule has 220 valence electrons. The van der Waals surface area contributed by atoms with E-state index in [0.29, 0.717) is 16.9 Å². The van der Waals surface area contributed by atoms with E-state index in [1.54, 1.807) is 29.1 Å². The summed E-state index contributed by atoms with van der Waals surface area (Å²) < 4.78 is 50.3. The largest absolute Gasteiger partial charge is 0.381 e. The van der Waals surface area contributed by atoms with E-state index >= 15 is 4.39 Å². The molecule has 1 saturated heterocycles. The van der Waals surface area contributed by atoms with Gasteiger partial charge >= 0.3 is 0 Å². The van der Waals surface area contributed by atoms with Crippen molar-refractivity contribution >= 4 is 22.5 Å². The molecule has 0 spiro atoms. The fourth-order valence-corrected chi connectivity index (χ4v) is 5.19. The number of rotatable bonds is 8. The van der Waals surface area contributed by atoms with E-state index < -0.39 is 18.6 Å². The maximum absolute atomic E-state index is 15.0. The lowest BCUT2D eigenvalue weighted by atomic mass is 9.94. The Kier molecular flexibility index (Phi) is 7.82. The molecule has 4 heterocycles. The van der Waals surface area contributed by atoms with Crippen molar-refractivity contribution in [1.29, 1.82) is 0 Å². The van der Waals surface area contributed by atoms with Crippen molar-refractivity contribution in [2.24, 2.45) is 5.92 Å². The average molecular weight is 573 g/mol. The third-order valence-electron chi connectivity index (χ3n) is 7.42. The monoisotopic (exact) mass is 572 g/mol. The first-order chi connectivity index (χ1) is 19.4. The molecule has 1 aromatic carbocycles. The van der Waals surface area contributed by atoms with Crippen LogP contribution < -0.4 is 10.6 Å². The van der Waals surface area contributed by atoms with Gasteiger partial charge in [-0.2, -0.15) is 10.1 Å². The van der Waals surface area contributed by atoms with Gasteiger partial charge < -0.3 is 24.6 Å². The van der Waals surface area contributed by atoms with Gasteiger partial charge in [0.25, 0.3) is 12.3 Å². The van der Waals surface area contributed by atoms with Gasteiger partial charge in [0.2, 0.25) is 18.0 Å². The molecule has 10 nitrogen and oxygen atoms in total. The number of halogens is 3. The van der Waals surface area contributed by atoms with Crippen LogP contribution in [0.15, 0.2) is 41.2 Å².